The molecular weight excluding hydrogens is 793 g/mol. The van der Waals surface area contributed by atoms with Gasteiger partial charge in [-0.05, 0) is 70.2 Å². The van der Waals surface area contributed by atoms with Crippen LogP contribution in [0.5, 0.6) is 0 Å². The number of rotatable bonds is 13. The standard InChI is InChI=1S/C42H44N8O7S2/c1-23-12-15-30(28(18-23)35(51)25-8-4-5-9-25)46-39(55)48-41-43-20-27(58-41)14-17-34-45-32(22-50(34)3)37(53)57-38(54)33-21-44-42(59-33)49-40(56)47-31-16-13-24(2)19-29(31)36(52)26-10-6-7-11-26/h12-13,15-16,18-22,25-26H,4-11,14,17H2,1-3H3,(H2,43,46,48,55)(H2,44,47,49,56). The molecule has 5 aromatic rings. The van der Waals surface area contributed by atoms with Gasteiger partial charge in [0.15, 0.2) is 27.5 Å². The van der Waals surface area contributed by atoms with Gasteiger partial charge in [0, 0.05) is 53.7 Å². The minimum atomic E-state index is -0.955. The van der Waals surface area contributed by atoms with Crippen molar-refractivity contribution in [3.05, 3.63) is 98.5 Å². The van der Waals surface area contributed by atoms with E-state index in [1.54, 1.807) is 36.0 Å². The Bertz CT molecular complexity index is 2420. The maximum absolute atomic E-state index is 13.2. The Morgan fingerprint density at radius 2 is 1.22 bits per heavy atom. The molecule has 0 unspecified atom stereocenters. The highest BCUT2D eigenvalue weighted by Crippen LogP contribution is 2.33. The second-order valence-corrected chi connectivity index (χ2v) is 17.1. The van der Waals surface area contributed by atoms with Crippen LogP contribution in [-0.2, 0) is 24.6 Å². The van der Waals surface area contributed by atoms with Crippen molar-refractivity contribution >= 4 is 79.9 Å². The van der Waals surface area contributed by atoms with Gasteiger partial charge in [0.2, 0.25) is 0 Å². The van der Waals surface area contributed by atoms with Gasteiger partial charge in [-0.25, -0.2) is 34.1 Å². The van der Waals surface area contributed by atoms with E-state index < -0.39 is 24.0 Å². The average molecular weight is 837 g/mol. The van der Waals surface area contributed by atoms with E-state index in [1.807, 2.05) is 32.0 Å². The monoisotopic (exact) mass is 836 g/mol. The molecule has 3 aromatic heterocycles. The Labute approximate surface area is 348 Å². The lowest BCUT2D eigenvalue weighted by atomic mass is 9.94. The van der Waals surface area contributed by atoms with Crippen LogP contribution in [0.4, 0.5) is 31.2 Å². The molecule has 306 valence electrons. The number of thiazole rings is 2. The predicted octanol–water partition coefficient (Wildman–Crippen LogP) is 8.77. The number of imidazole rings is 1. The van der Waals surface area contributed by atoms with Gasteiger partial charge in [-0.3, -0.25) is 20.2 Å². The summed E-state index contributed by atoms with van der Waals surface area (Å²) in [6.45, 7) is 3.80. The molecule has 2 saturated carbocycles. The van der Waals surface area contributed by atoms with Crippen LogP contribution in [-0.4, -0.2) is 55.1 Å². The zero-order chi connectivity index (χ0) is 41.6. The number of benzene rings is 2. The van der Waals surface area contributed by atoms with E-state index in [4.69, 9.17) is 4.74 Å². The molecule has 17 heteroatoms. The summed E-state index contributed by atoms with van der Waals surface area (Å²) in [5.41, 5.74) is 3.61. The summed E-state index contributed by atoms with van der Waals surface area (Å²) < 4.78 is 6.74. The maximum Gasteiger partial charge on any atom is 0.366 e. The second kappa shape index (κ2) is 18.2. The van der Waals surface area contributed by atoms with E-state index in [1.165, 1.54) is 23.7 Å². The summed E-state index contributed by atoms with van der Waals surface area (Å²) in [4.78, 5) is 91.6. The van der Waals surface area contributed by atoms with Gasteiger partial charge in [0.05, 0.1) is 17.6 Å². The zero-order valence-corrected chi connectivity index (χ0v) is 34.5. The number of anilines is 4. The molecule has 3 heterocycles. The molecule has 7 rings (SSSR count). The summed E-state index contributed by atoms with van der Waals surface area (Å²) in [7, 11) is 1.72. The number of aromatic nitrogens is 4. The molecule has 4 N–H and O–H groups in total. The van der Waals surface area contributed by atoms with Crippen molar-refractivity contribution in [2.45, 2.75) is 78.1 Å². The first-order valence-corrected chi connectivity index (χ1v) is 21.2. The molecule has 15 nitrogen and oxygen atoms in total. The van der Waals surface area contributed by atoms with E-state index in [-0.39, 0.29) is 39.1 Å². The first kappa shape index (κ1) is 41.1. The van der Waals surface area contributed by atoms with Crippen molar-refractivity contribution in [3.8, 4) is 0 Å². The van der Waals surface area contributed by atoms with Crippen LogP contribution in [0.2, 0.25) is 0 Å². The van der Waals surface area contributed by atoms with Gasteiger partial charge in [-0.2, -0.15) is 0 Å². The highest BCUT2D eigenvalue weighted by atomic mass is 32.1. The lowest BCUT2D eigenvalue weighted by molar-refractivity contribution is 0.0396. The molecule has 4 amide bonds. The van der Waals surface area contributed by atoms with Gasteiger partial charge in [0.1, 0.15) is 10.7 Å². The van der Waals surface area contributed by atoms with Crippen molar-refractivity contribution in [2.75, 3.05) is 21.3 Å². The highest BCUT2D eigenvalue weighted by molar-refractivity contribution is 7.17. The number of hydrogen-bond donors (Lipinski definition) is 4. The average Bonchev–Trinajstić information content (AvgIpc) is 4.07. The lowest BCUT2D eigenvalue weighted by Gasteiger charge is -2.14. The van der Waals surface area contributed by atoms with Crippen LogP contribution < -0.4 is 21.3 Å². The topological polar surface area (TPSA) is 203 Å². The SMILES string of the molecule is Cc1ccc(NC(=O)Nc2ncc(CCc3nc(C(=O)OC(=O)c4cnc(NC(=O)Nc5ccc(C)cc5C(=O)C5CCCC5)s4)cn3C)s2)c(C(=O)C2CCCC2)c1. The van der Waals surface area contributed by atoms with Gasteiger partial charge >= 0.3 is 24.0 Å². The maximum atomic E-state index is 13.2. The fraction of sp³-hybridized carbons (Fsp3) is 0.357. The van der Waals surface area contributed by atoms with Gasteiger partial charge < -0.3 is 19.9 Å². The molecule has 2 fully saturated rings. The van der Waals surface area contributed by atoms with Crippen molar-refractivity contribution in [2.24, 2.45) is 18.9 Å². The zero-order valence-electron chi connectivity index (χ0n) is 32.9. The molecule has 0 spiro atoms. The molecule has 2 aliphatic carbocycles. The lowest BCUT2D eigenvalue weighted by Crippen LogP contribution is -2.22. The molecular formula is C42H44N8O7S2. The number of carbonyl (C=O) groups excluding carboxylic acids is 6. The predicted molar refractivity (Wildman–Crippen MR) is 225 cm³/mol. The van der Waals surface area contributed by atoms with E-state index in [2.05, 4.69) is 36.2 Å². The summed E-state index contributed by atoms with van der Waals surface area (Å²) in [5, 5.41) is 11.3. The van der Waals surface area contributed by atoms with Crippen LogP contribution in [0.3, 0.4) is 0 Å². The van der Waals surface area contributed by atoms with E-state index in [9.17, 15) is 28.8 Å². The number of esters is 2. The number of nitrogens with zero attached hydrogens (tertiary/aromatic N) is 4. The third-order valence-corrected chi connectivity index (χ3v) is 12.4. The molecule has 0 aliphatic heterocycles. The summed E-state index contributed by atoms with van der Waals surface area (Å²) in [5.74, 6) is -1.36. The third-order valence-electron chi connectivity index (χ3n) is 10.5. The highest BCUT2D eigenvalue weighted by Gasteiger charge is 2.28. The Morgan fingerprint density at radius 3 is 1.78 bits per heavy atom. The van der Waals surface area contributed by atoms with E-state index in [0.29, 0.717) is 46.3 Å². The van der Waals surface area contributed by atoms with Gasteiger partial charge in [0.25, 0.3) is 0 Å². The number of nitrogens with one attached hydrogen (secondary N) is 4. The summed E-state index contributed by atoms with van der Waals surface area (Å²) in [6, 6.07) is 9.55. The number of aryl methyl sites for hydroxylation is 5. The van der Waals surface area contributed by atoms with Crippen LogP contribution >= 0.6 is 22.7 Å². The molecule has 0 bridgehead atoms. The third kappa shape index (κ3) is 10.2. The van der Waals surface area contributed by atoms with Crippen LogP contribution in [0, 0.1) is 25.7 Å². The molecule has 2 aromatic carbocycles. The van der Waals surface area contributed by atoms with Crippen molar-refractivity contribution < 1.29 is 33.5 Å². The first-order chi connectivity index (χ1) is 28.4. The minimum Gasteiger partial charge on any atom is -0.384 e. The Balaban J connectivity index is 0.888. The summed E-state index contributed by atoms with van der Waals surface area (Å²) in [6.07, 6.45) is 12.7. The number of ketones is 2. The van der Waals surface area contributed by atoms with E-state index in [0.717, 1.165) is 78.7 Å². The van der Waals surface area contributed by atoms with Crippen molar-refractivity contribution in [1.29, 1.82) is 0 Å². The number of hydrogen-bond acceptors (Lipinski definition) is 12. The molecule has 0 atom stereocenters. The Hall–Kier alpha value is -6.07. The van der Waals surface area contributed by atoms with Crippen LogP contribution in [0.15, 0.2) is 55.0 Å². The van der Waals surface area contributed by atoms with Crippen molar-refractivity contribution in [3.63, 3.8) is 0 Å². The Morgan fingerprint density at radius 1 is 0.695 bits per heavy atom. The van der Waals surface area contributed by atoms with Crippen molar-refractivity contribution in [1.82, 2.24) is 19.5 Å². The molecule has 59 heavy (non-hydrogen) atoms. The normalized spacial score (nSPS) is 14.2. The fourth-order valence-electron chi connectivity index (χ4n) is 7.42. The number of urea groups is 2. The number of amides is 4. The van der Waals surface area contributed by atoms with E-state index >= 15 is 0 Å². The number of Topliss-reactive ketones (excluding diaryl/α,β-unsaturated/α-hetero) is 2. The first-order valence-electron chi connectivity index (χ1n) is 19.5. The molecule has 0 radical (unpaired) electrons. The quantitative estimate of drug-likeness (QED) is 0.0504. The second-order valence-electron chi connectivity index (χ2n) is 14.9. The molecule has 0 saturated heterocycles. The smallest absolute Gasteiger partial charge is 0.366 e. The number of carbonyl (C=O) groups is 6. The minimum absolute atomic E-state index is 0.0120. The Kier molecular flexibility index (Phi) is 12.7. The van der Waals surface area contributed by atoms with Crippen LogP contribution in [0.25, 0.3) is 0 Å². The van der Waals surface area contributed by atoms with Gasteiger partial charge in [-0.1, -0.05) is 60.3 Å². The van der Waals surface area contributed by atoms with Crippen LogP contribution in [0.1, 0.15) is 114 Å². The largest absolute Gasteiger partial charge is 0.384 e. The number of ether oxygens (including phenoxy) is 1. The fourth-order valence-corrected chi connectivity index (χ4v) is 8.92. The molecule has 2 aliphatic rings. The van der Waals surface area contributed by atoms with Gasteiger partial charge in [-0.15, -0.1) is 11.3 Å². The summed E-state index contributed by atoms with van der Waals surface area (Å²) >= 11 is 2.12.